The Balaban J connectivity index is 1.77. The van der Waals surface area contributed by atoms with E-state index in [9.17, 15) is 14.7 Å². The number of terminal acetylenes is 1. The minimum Gasteiger partial charge on any atom is -0.480 e. The van der Waals surface area contributed by atoms with E-state index in [0.717, 1.165) is 5.56 Å². The Morgan fingerprint density at radius 2 is 2.00 bits per heavy atom. The average Bonchev–Trinajstić information content (AvgIpc) is 3.36. The van der Waals surface area contributed by atoms with E-state index in [2.05, 4.69) is 26.4 Å². The number of aryl methyl sites for hydroxylation is 1. The Hall–Kier alpha value is -2.75. The van der Waals surface area contributed by atoms with Crippen LogP contribution in [-0.4, -0.2) is 33.7 Å². The van der Waals surface area contributed by atoms with Crippen molar-refractivity contribution in [1.29, 1.82) is 0 Å². The second kappa shape index (κ2) is 8.20. The maximum Gasteiger partial charge on any atom is 0.326 e. The highest BCUT2D eigenvalue weighted by Crippen LogP contribution is 2.37. The van der Waals surface area contributed by atoms with Crippen molar-refractivity contribution in [2.75, 3.05) is 0 Å². The lowest BCUT2D eigenvalue weighted by atomic mass is 10.0. The fraction of sp³-hybridized carbons (Fsp3) is 0.471. The molecule has 2 rings (SSSR count). The molecule has 1 aliphatic heterocycles. The van der Waals surface area contributed by atoms with Crippen LogP contribution in [0.5, 0.6) is 0 Å². The first-order valence-corrected chi connectivity index (χ1v) is 7.83. The zero-order chi connectivity index (χ0) is 17.4. The number of hydrogen-bond acceptors (Lipinski definition) is 5. The van der Waals surface area contributed by atoms with E-state index in [0.29, 0.717) is 32.1 Å². The van der Waals surface area contributed by atoms with Crippen LogP contribution >= 0.6 is 0 Å². The molecule has 2 N–H and O–H groups in total. The van der Waals surface area contributed by atoms with Crippen LogP contribution < -0.4 is 5.32 Å². The summed E-state index contributed by atoms with van der Waals surface area (Å²) in [7, 11) is 0. The summed E-state index contributed by atoms with van der Waals surface area (Å²) in [5, 5.41) is 19.8. The highest BCUT2D eigenvalue weighted by molar-refractivity contribution is 5.83. The van der Waals surface area contributed by atoms with Gasteiger partial charge in [-0.05, 0) is 30.5 Å². The molecule has 7 heteroatoms. The van der Waals surface area contributed by atoms with Crippen molar-refractivity contribution in [3.63, 3.8) is 0 Å². The maximum absolute atomic E-state index is 12.0. The number of carbonyl (C=O) groups is 2. The lowest BCUT2D eigenvalue weighted by molar-refractivity contribution is -0.142. The highest BCUT2D eigenvalue weighted by atomic mass is 16.4. The molecule has 0 aliphatic carbocycles. The van der Waals surface area contributed by atoms with E-state index in [4.69, 9.17) is 6.42 Å². The fourth-order valence-corrected chi connectivity index (χ4v) is 2.37. The normalized spacial score (nSPS) is 15.3. The van der Waals surface area contributed by atoms with Gasteiger partial charge in [0.1, 0.15) is 6.04 Å². The topological polar surface area (TPSA) is 104 Å². The Kier molecular flexibility index (Phi) is 6.01. The molecule has 24 heavy (non-hydrogen) atoms. The third-order valence-electron chi connectivity index (χ3n) is 3.91. The first kappa shape index (κ1) is 17.6. The molecule has 1 atom stereocenters. The molecule has 1 aliphatic rings. The summed E-state index contributed by atoms with van der Waals surface area (Å²) in [5.41, 5.74) is 0.453. The van der Waals surface area contributed by atoms with Crippen LogP contribution in [0.4, 0.5) is 0 Å². The summed E-state index contributed by atoms with van der Waals surface area (Å²) in [6, 6.07) is 2.73. The fourth-order valence-electron chi connectivity index (χ4n) is 2.37. The summed E-state index contributed by atoms with van der Waals surface area (Å²) in [6.07, 6.45) is 11.2. The second-order valence-electron chi connectivity index (χ2n) is 5.74. The van der Waals surface area contributed by atoms with Gasteiger partial charge in [0.25, 0.3) is 0 Å². The van der Waals surface area contributed by atoms with Gasteiger partial charge in [0.2, 0.25) is 5.91 Å². The van der Waals surface area contributed by atoms with E-state index in [1.165, 1.54) is 0 Å². The van der Waals surface area contributed by atoms with Crippen LogP contribution in [0.25, 0.3) is 0 Å². The van der Waals surface area contributed by atoms with Gasteiger partial charge in [0, 0.05) is 38.1 Å². The van der Waals surface area contributed by atoms with Crippen molar-refractivity contribution in [2.45, 2.75) is 50.2 Å². The summed E-state index contributed by atoms with van der Waals surface area (Å²) in [6.45, 7) is 0. The summed E-state index contributed by atoms with van der Waals surface area (Å²) < 4.78 is 0. The number of rotatable bonds is 10. The number of amides is 1. The second-order valence-corrected chi connectivity index (χ2v) is 5.74. The largest absolute Gasteiger partial charge is 0.480 e. The zero-order valence-corrected chi connectivity index (χ0v) is 13.3. The van der Waals surface area contributed by atoms with E-state index >= 15 is 0 Å². The number of nitrogens with one attached hydrogen (secondary N) is 1. The molecule has 7 nitrogen and oxygen atoms in total. The molecule has 2 heterocycles. The molecule has 0 bridgehead atoms. The number of hydrogen-bond donors (Lipinski definition) is 2. The highest BCUT2D eigenvalue weighted by Gasteiger charge is 2.39. The summed E-state index contributed by atoms with van der Waals surface area (Å²) in [5.74, 6) is 1.18. The van der Waals surface area contributed by atoms with E-state index in [1.54, 1.807) is 12.4 Å². The van der Waals surface area contributed by atoms with Gasteiger partial charge in [0.05, 0.1) is 0 Å². The van der Waals surface area contributed by atoms with Crippen molar-refractivity contribution in [2.24, 2.45) is 10.2 Å². The lowest BCUT2D eigenvalue weighted by Crippen LogP contribution is -2.41. The van der Waals surface area contributed by atoms with E-state index in [1.807, 2.05) is 12.1 Å². The quantitative estimate of drug-likeness (QED) is 0.640. The molecular weight excluding hydrogens is 308 g/mol. The Morgan fingerprint density at radius 3 is 2.58 bits per heavy atom. The molecular formula is C17H20N4O3. The molecule has 0 radical (unpaired) electrons. The van der Waals surface area contributed by atoms with Gasteiger partial charge >= 0.3 is 5.97 Å². The lowest BCUT2D eigenvalue weighted by Gasteiger charge is -2.15. The summed E-state index contributed by atoms with van der Waals surface area (Å²) >= 11 is 0. The predicted octanol–water partition coefficient (Wildman–Crippen LogP) is 1.94. The first-order valence-electron chi connectivity index (χ1n) is 7.83. The van der Waals surface area contributed by atoms with Crippen molar-refractivity contribution in [1.82, 2.24) is 10.3 Å². The van der Waals surface area contributed by atoms with Crippen molar-refractivity contribution in [3.05, 3.63) is 30.1 Å². The van der Waals surface area contributed by atoms with Crippen LogP contribution in [0.15, 0.2) is 34.8 Å². The van der Waals surface area contributed by atoms with Crippen LogP contribution in [0, 0.1) is 12.3 Å². The minimum atomic E-state index is -1.04. The van der Waals surface area contributed by atoms with Crippen molar-refractivity contribution in [3.8, 4) is 12.3 Å². The van der Waals surface area contributed by atoms with E-state index < -0.39 is 17.7 Å². The van der Waals surface area contributed by atoms with Crippen LogP contribution in [0.1, 0.15) is 37.7 Å². The number of carboxylic acid groups (broad SMARTS) is 1. The Bertz CT molecular complexity index is 646. The van der Waals surface area contributed by atoms with Crippen LogP contribution in [0.2, 0.25) is 0 Å². The number of aliphatic carboxylic acids is 1. The first-order chi connectivity index (χ1) is 11.5. The molecule has 0 aromatic carbocycles. The van der Waals surface area contributed by atoms with Crippen LogP contribution in [0.3, 0.4) is 0 Å². The van der Waals surface area contributed by atoms with Gasteiger partial charge in [-0.3, -0.25) is 9.78 Å². The third-order valence-corrected chi connectivity index (χ3v) is 3.91. The maximum atomic E-state index is 12.0. The molecule has 126 valence electrons. The molecule has 0 fully saturated rings. The van der Waals surface area contributed by atoms with Gasteiger partial charge in [-0.15, -0.1) is 12.3 Å². The van der Waals surface area contributed by atoms with Crippen molar-refractivity contribution < 1.29 is 14.7 Å². The number of nitrogens with zero attached hydrogens (tertiary/aromatic N) is 3. The average molecular weight is 328 g/mol. The smallest absolute Gasteiger partial charge is 0.326 e. The monoisotopic (exact) mass is 328 g/mol. The van der Waals surface area contributed by atoms with Gasteiger partial charge in [0.15, 0.2) is 5.66 Å². The number of pyridine rings is 1. The Morgan fingerprint density at radius 1 is 1.29 bits per heavy atom. The Labute approximate surface area is 140 Å². The standard InChI is InChI=1S/C17H20N4O3/c1-2-3-9-17(20-21-17)10-6-15(22)19-14(16(23)24)5-4-13-7-11-18-12-8-13/h1,7-8,11-12,14H,3-6,9-10H2,(H,19,22)(H,23,24). The number of carbonyl (C=O) groups excluding carboxylic acids is 1. The molecule has 1 amide bonds. The molecule has 1 aromatic rings. The van der Waals surface area contributed by atoms with Gasteiger partial charge < -0.3 is 10.4 Å². The minimum absolute atomic E-state index is 0.177. The third kappa shape index (κ3) is 5.47. The predicted molar refractivity (Wildman–Crippen MR) is 87.0 cm³/mol. The molecule has 0 spiro atoms. The van der Waals surface area contributed by atoms with Gasteiger partial charge in [-0.1, -0.05) is 0 Å². The molecule has 0 saturated heterocycles. The van der Waals surface area contributed by atoms with Crippen LogP contribution in [-0.2, 0) is 16.0 Å². The number of carboxylic acids is 1. The molecule has 1 aromatic heterocycles. The van der Waals surface area contributed by atoms with Gasteiger partial charge in [-0.2, -0.15) is 10.2 Å². The molecule has 1 unspecified atom stereocenters. The van der Waals surface area contributed by atoms with Crippen molar-refractivity contribution >= 4 is 11.9 Å². The van der Waals surface area contributed by atoms with Gasteiger partial charge in [-0.25, -0.2) is 4.79 Å². The molecule has 0 saturated carbocycles. The number of aromatic nitrogens is 1. The van der Waals surface area contributed by atoms with E-state index in [-0.39, 0.29) is 12.3 Å². The SMILES string of the molecule is C#CCCC1(CCC(=O)NC(CCc2ccncc2)C(=O)O)N=N1. The zero-order valence-electron chi connectivity index (χ0n) is 13.3. The summed E-state index contributed by atoms with van der Waals surface area (Å²) in [4.78, 5) is 27.2.